The summed E-state index contributed by atoms with van der Waals surface area (Å²) < 4.78 is 0. The molecule has 7 N–H and O–H groups in total. The van der Waals surface area contributed by atoms with E-state index in [9.17, 15) is 19.2 Å². The van der Waals surface area contributed by atoms with Crippen LogP contribution in [-0.4, -0.2) is 58.5 Å². The average Bonchev–Trinajstić information content (AvgIpc) is 3.21. The molecular formula is C25H37N5O5. The third-order valence-electron chi connectivity index (χ3n) is 5.69. The molecule has 2 rings (SSSR count). The number of nitrogens with two attached hydrogens (primary N) is 1. The van der Waals surface area contributed by atoms with E-state index < -0.39 is 48.4 Å². The predicted octanol–water partition coefficient (Wildman–Crippen LogP) is 1.44. The molecule has 0 radical (unpaired) electrons. The van der Waals surface area contributed by atoms with Crippen LogP contribution >= 0.6 is 0 Å². The molecule has 0 saturated heterocycles. The van der Waals surface area contributed by atoms with Gasteiger partial charge in [0.25, 0.3) is 0 Å². The van der Waals surface area contributed by atoms with Gasteiger partial charge in [-0.25, -0.2) is 0 Å². The normalized spacial score (nSPS) is 13.7. The second-order valence-electron chi connectivity index (χ2n) is 9.18. The maximum Gasteiger partial charge on any atom is 0.322 e. The number of para-hydroxylation sites is 1. The molecule has 3 atom stereocenters. The molecule has 0 aliphatic rings. The second-order valence-corrected chi connectivity index (χ2v) is 9.18. The Labute approximate surface area is 205 Å². The summed E-state index contributed by atoms with van der Waals surface area (Å²) in [6.07, 6.45) is 4.28. The van der Waals surface area contributed by atoms with Crippen molar-refractivity contribution >= 4 is 34.6 Å². The van der Waals surface area contributed by atoms with Crippen molar-refractivity contribution < 1.29 is 24.3 Å². The standard InChI is InChI=1S/C25H37N5O5/c1-4-5-9-20(29-23(33)18(26)11-15(2)3)25(35)30-21(24(34)28-14-22(31)32)12-16-13-27-19-10-7-6-8-17(16)19/h6-8,10,13,15,18,20-21,27H,4-5,9,11-12,14,26H2,1-3H3,(H,28,34)(H,29,33)(H,30,35)(H,31,32)/t18-,20+,21-/m1/s1. The molecule has 0 fully saturated rings. The molecule has 0 spiro atoms. The van der Waals surface area contributed by atoms with E-state index in [2.05, 4.69) is 20.9 Å². The molecule has 2 aromatic rings. The zero-order valence-electron chi connectivity index (χ0n) is 20.6. The number of benzene rings is 1. The number of carbonyl (C=O) groups is 4. The Morgan fingerprint density at radius 1 is 1.03 bits per heavy atom. The molecule has 3 amide bonds. The highest BCUT2D eigenvalue weighted by Gasteiger charge is 2.29. The number of nitrogens with one attached hydrogen (secondary N) is 4. The Morgan fingerprint density at radius 2 is 1.71 bits per heavy atom. The van der Waals surface area contributed by atoms with Crippen LogP contribution in [0.4, 0.5) is 0 Å². The van der Waals surface area contributed by atoms with Gasteiger partial charge in [-0.3, -0.25) is 19.2 Å². The van der Waals surface area contributed by atoms with Gasteiger partial charge in [-0.1, -0.05) is 51.8 Å². The minimum atomic E-state index is -1.19. The van der Waals surface area contributed by atoms with Crippen molar-refractivity contribution in [3.8, 4) is 0 Å². The van der Waals surface area contributed by atoms with E-state index in [1.807, 2.05) is 45.0 Å². The molecular weight excluding hydrogens is 450 g/mol. The molecule has 192 valence electrons. The summed E-state index contributed by atoms with van der Waals surface area (Å²) in [7, 11) is 0. The number of rotatable bonds is 14. The summed E-state index contributed by atoms with van der Waals surface area (Å²) in [5, 5.41) is 17.6. The molecule has 35 heavy (non-hydrogen) atoms. The number of aromatic amines is 1. The molecule has 0 saturated carbocycles. The van der Waals surface area contributed by atoms with Crippen LogP contribution in [0.25, 0.3) is 10.9 Å². The van der Waals surface area contributed by atoms with Crippen molar-refractivity contribution in [2.75, 3.05) is 6.54 Å². The molecule has 10 heteroatoms. The Morgan fingerprint density at radius 3 is 2.37 bits per heavy atom. The van der Waals surface area contributed by atoms with Crippen LogP contribution in [0.3, 0.4) is 0 Å². The fourth-order valence-electron chi connectivity index (χ4n) is 3.86. The van der Waals surface area contributed by atoms with Gasteiger partial charge in [-0.2, -0.15) is 0 Å². The maximum atomic E-state index is 13.2. The summed E-state index contributed by atoms with van der Waals surface area (Å²) in [6.45, 7) is 5.32. The van der Waals surface area contributed by atoms with Crippen LogP contribution in [0.5, 0.6) is 0 Å². The van der Waals surface area contributed by atoms with E-state index in [0.717, 1.165) is 22.9 Å². The third kappa shape index (κ3) is 8.71. The van der Waals surface area contributed by atoms with Gasteiger partial charge in [-0.05, 0) is 30.4 Å². The lowest BCUT2D eigenvalue weighted by Gasteiger charge is -2.24. The SMILES string of the molecule is CCCC[C@H](NC(=O)[C@H](N)CC(C)C)C(=O)N[C@H](Cc1c[nH]c2ccccc12)C(=O)NCC(=O)O. The van der Waals surface area contributed by atoms with Gasteiger partial charge in [0, 0.05) is 23.5 Å². The average molecular weight is 488 g/mol. The first kappa shape index (κ1) is 27.8. The molecule has 0 unspecified atom stereocenters. The number of fused-ring (bicyclic) bond motifs is 1. The molecule has 0 bridgehead atoms. The fourth-order valence-corrected chi connectivity index (χ4v) is 3.86. The summed E-state index contributed by atoms with van der Waals surface area (Å²) in [5.41, 5.74) is 7.66. The number of aliphatic carboxylic acids is 1. The van der Waals surface area contributed by atoms with Crippen LogP contribution in [0.2, 0.25) is 0 Å². The van der Waals surface area contributed by atoms with Gasteiger partial charge in [0.1, 0.15) is 18.6 Å². The van der Waals surface area contributed by atoms with E-state index in [1.54, 1.807) is 6.20 Å². The van der Waals surface area contributed by atoms with Crippen LogP contribution < -0.4 is 21.7 Å². The molecule has 10 nitrogen and oxygen atoms in total. The second kappa shape index (κ2) is 13.5. The van der Waals surface area contributed by atoms with Gasteiger partial charge < -0.3 is 31.8 Å². The molecule has 0 aliphatic carbocycles. The number of carbonyl (C=O) groups excluding carboxylic acids is 3. The molecule has 1 aromatic carbocycles. The summed E-state index contributed by atoms with van der Waals surface area (Å²) >= 11 is 0. The zero-order valence-corrected chi connectivity index (χ0v) is 20.6. The minimum absolute atomic E-state index is 0.141. The Balaban J connectivity index is 2.21. The highest BCUT2D eigenvalue weighted by Crippen LogP contribution is 2.19. The Hall–Kier alpha value is -3.40. The Bertz CT molecular complexity index is 1020. The monoisotopic (exact) mass is 487 g/mol. The van der Waals surface area contributed by atoms with E-state index in [0.29, 0.717) is 19.3 Å². The lowest BCUT2D eigenvalue weighted by Crippen LogP contribution is -2.56. The predicted molar refractivity (Wildman–Crippen MR) is 133 cm³/mol. The van der Waals surface area contributed by atoms with Crippen LogP contribution in [-0.2, 0) is 25.6 Å². The lowest BCUT2D eigenvalue weighted by molar-refractivity contribution is -0.138. The van der Waals surface area contributed by atoms with Gasteiger partial charge >= 0.3 is 5.97 Å². The highest BCUT2D eigenvalue weighted by molar-refractivity contribution is 5.94. The Kier molecular flexibility index (Phi) is 10.7. The smallest absolute Gasteiger partial charge is 0.322 e. The van der Waals surface area contributed by atoms with Gasteiger partial charge in [0.15, 0.2) is 0 Å². The fraction of sp³-hybridized carbons (Fsp3) is 0.520. The molecule has 1 aromatic heterocycles. The van der Waals surface area contributed by atoms with Crippen LogP contribution in [0.1, 0.15) is 52.0 Å². The number of carboxylic acid groups (broad SMARTS) is 1. The molecule has 1 heterocycles. The third-order valence-corrected chi connectivity index (χ3v) is 5.69. The summed E-state index contributed by atoms with van der Waals surface area (Å²) in [5.74, 6) is -2.53. The largest absolute Gasteiger partial charge is 0.480 e. The van der Waals surface area contributed by atoms with Gasteiger partial charge in [0.05, 0.1) is 6.04 Å². The first-order chi connectivity index (χ1) is 16.6. The molecule has 0 aliphatic heterocycles. The minimum Gasteiger partial charge on any atom is -0.480 e. The zero-order chi connectivity index (χ0) is 26.0. The first-order valence-electron chi connectivity index (χ1n) is 12.0. The van der Waals surface area contributed by atoms with E-state index in [1.165, 1.54) is 0 Å². The van der Waals surface area contributed by atoms with Gasteiger partial charge in [-0.15, -0.1) is 0 Å². The highest BCUT2D eigenvalue weighted by atomic mass is 16.4. The van der Waals surface area contributed by atoms with Crippen molar-refractivity contribution in [1.29, 1.82) is 0 Å². The van der Waals surface area contributed by atoms with Gasteiger partial charge in [0.2, 0.25) is 17.7 Å². The lowest BCUT2D eigenvalue weighted by atomic mass is 10.0. The summed E-state index contributed by atoms with van der Waals surface area (Å²) in [4.78, 5) is 52.7. The number of unbranched alkanes of at least 4 members (excludes halogenated alkanes) is 1. The van der Waals surface area contributed by atoms with Crippen LogP contribution in [0, 0.1) is 5.92 Å². The van der Waals surface area contributed by atoms with E-state index >= 15 is 0 Å². The number of hydrogen-bond acceptors (Lipinski definition) is 5. The van der Waals surface area contributed by atoms with E-state index in [-0.39, 0.29) is 12.3 Å². The number of hydrogen-bond donors (Lipinski definition) is 6. The van der Waals surface area contributed by atoms with Crippen LogP contribution in [0.15, 0.2) is 30.5 Å². The van der Waals surface area contributed by atoms with Crippen molar-refractivity contribution in [3.63, 3.8) is 0 Å². The first-order valence-corrected chi connectivity index (χ1v) is 12.0. The number of carboxylic acids is 1. The van der Waals surface area contributed by atoms with Crippen molar-refractivity contribution in [2.45, 2.75) is 71.0 Å². The van der Waals surface area contributed by atoms with E-state index in [4.69, 9.17) is 10.8 Å². The number of H-pyrrole nitrogens is 1. The number of aromatic nitrogens is 1. The van der Waals surface area contributed by atoms with Crippen molar-refractivity contribution in [3.05, 3.63) is 36.0 Å². The topological polar surface area (TPSA) is 166 Å². The number of amides is 3. The quantitative estimate of drug-likeness (QED) is 0.236. The maximum absolute atomic E-state index is 13.2. The van der Waals surface area contributed by atoms with Crippen molar-refractivity contribution in [1.82, 2.24) is 20.9 Å². The summed E-state index contributed by atoms with van der Waals surface area (Å²) in [6, 6.07) is 4.90. The van der Waals surface area contributed by atoms with Crippen molar-refractivity contribution in [2.24, 2.45) is 11.7 Å².